The summed E-state index contributed by atoms with van der Waals surface area (Å²) in [6.45, 7) is 0. The lowest BCUT2D eigenvalue weighted by Crippen LogP contribution is -2.09. The normalized spacial score (nSPS) is 10.0. The molecule has 16 heavy (non-hydrogen) atoms. The lowest BCUT2D eigenvalue weighted by molar-refractivity contribution is 0.0697. The summed E-state index contributed by atoms with van der Waals surface area (Å²) in [4.78, 5) is 27.8. The number of carbonyl (C=O) groups is 1. The molecule has 0 fully saturated rings. The van der Waals surface area contributed by atoms with Crippen LogP contribution in [0, 0.1) is 0 Å². The van der Waals surface area contributed by atoms with Gasteiger partial charge in [0.1, 0.15) is 0 Å². The fourth-order valence-electron chi connectivity index (χ4n) is 1.32. The van der Waals surface area contributed by atoms with E-state index >= 15 is 0 Å². The molecule has 0 saturated carbocycles. The third-order valence-electron chi connectivity index (χ3n) is 2.10. The molecule has 5 nitrogen and oxygen atoms in total. The highest BCUT2D eigenvalue weighted by Gasteiger charge is 2.03. The van der Waals surface area contributed by atoms with Gasteiger partial charge in [-0.15, -0.1) is 0 Å². The molecule has 0 amide bonds. The molecule has 0 atom stereocenters. The number of nitrogens with one attached hydrogen (secondary N) is 1. The van der Waals surface area contributed by atoms with E-state index in [1.165, 1.54) is 18.3 Å². The molecule has 0 radical (unpaired) electrons. The van der Waals surface area contributed by atoms with Crippen LogP contribution < -0.4 is 5.69 Å². The van der Waals surface area contributed by atoms with Crippen LogP contribution in [0.1, 0.15) is 10.4 Å². The minimum absolute atomic E-state index is 0.202. The predicted octanol–water partition coefficient (Wildman–Crippen LogP) is 1.14. The minimum Gasteiger partial charge on any atom is -0.478 e. The number of aromatic amines is 1. The van der Waals surface area contributed by atoms with E-state index in [4.69, 9.17) is 5.11 Å². The number of benzene rings is 1. The maximum atomic E-state index is 11.0. The van der Waals surface area contributed by atoms with Gasteiger partial charge in [-0.3, -0.25) is 0 Å². The number of hydrogen-bond donors (Lipinski definition) is 2. The third-order valence-corrected chi connectivity index (χ3v) is 2.10. The van der Waals surface area contributed by atoms with Crippen LogP contribution in [-0.4, -0.2) is 21.0 Å². The van der Waals surface area contributed by atoms with Crippen molar-refractivity contribution in [2.75, 3.05) is 0 Å². The Morgan fingerprint density at radius 1 is 1.19 bits per heavy atom. The molecule has 0 aliphatic rings. The van der Waals surface area contributed by atoms with Gasteiger partial charge in [0.25, 0.3) is 0 Å². The molecule has 0 aliphatic heterocycles. The number of rotatable bonds is 2. The third kappa shape index (κ3) is 1.98. The van der Waals surface area contributed by atoms with E-state index in [0.29, 0.717) is 11.3 Å². The molecule has 1 aromatic heterocycles. The Labute approximate surface area is 90.4 Å². The number of nitrogens with zero attached hydrogens (tertiary/aromatic N) is 1. The maximum absolute atomic E-state index is 11.0. The van der Waals surface area contributed by atoms with Crippen LogP contribution in [0.25, 0.3) is 11.3 Å². The zero-order valence-electron chi connectivity index (χ0n) is 8.18. The number of hydrogen-bond acceptors (Lipinski definition) is 3. The maximum Gasteiger partial charge on any atom is 0.345 e. The van der Waals surface area contributed by atoms with Gasteiger partial charge in [-0.25, -0.2) is 9.59 Å². The number of aromatic nitrogens is 2. The summed E-state index contributed by atoms with van der Waals surface area (Å²) < 4.78 is 0. The summed E-state index contributed by atoms with van der Waals surface area (Å²) in [6.07, 6.45) is 1.50. The van der Waals surface area contributed by atoms with E-state index in [1.54, 1.807) is 18.2 Å². The molecule has 2 aromatic rings. The Balaban J connectivity index is 2.42. The first kappa shape index (κ1) is 10.1. The molecule has 1 aromatic carbocycles. The van der Waals surface area contributed by atoms with Gasteiger partial charge in [0, 0.05) is 11.8 Å². The van der Waals surface area contributed by atoms with Gasteiger partial charge in [0.05, 0.1) is 11.3 Å². The van der Waals surface area contributed by atoms with Crippen molar-refractivity contribution in [2.24, 2.45) is 0 Å². The Kier molecular flexibility index (Phi) is 2.51. The van der Waals surface area contributed by atoms with E-state index in [0.717, 1.165) is 0 Å². The van der Waals surface area contributed by atoms with Crippen LogP contribution in [0.4, 0.5) is 0 Å². The van der Waals surface area contributed by atoms with Crippen LogP contribution in [0.2, 0.25) is 0 Å². The Bertz CT molecular complexity index is 572. The highest BCUT2D eigenvalue weighted by molar-refractivity contribution is 5.88. The minimum atomic E-state index is -0.981. The highest BCUT2D eigenvalue weighted by Crippen LogP contribution is 2.15. The molecule has 2 rings (SSSR count). The van der Waals surface area contributed by atoms with Gasteiger partial charge < -0.3 is 10.1 Å². The summed E-state index contributed by atoms with van der Waals surface area (Å²) in [7, 11) is 0. The lowest BCUT2D eigenvalue weighted by atomic mass is 10.1. The van der Waals surface area contributed by atoms with Crippen molar-refractivity contribution in [1.29, 1.82) is 0 Å². The molecule has 0 unspecified atom stereocenters. The monoisotopic (exact) mass is 216 g/mol. The van der Waals surface area contributed by atoms with Crippen LogP contribution in [-0.2, 0) is 0 Å². The van der Waals surface area contributed by atoms with E-state index < -0.39 is 11.7 Å². The molecule has 0 aliphatic carbocycles. The summed E-state index contributed by atoms with van der Waals surface area (Å²) >= 11 is 0. The van der Waals surface area contributed by atoms with E-state index in [1.807, 2.05) is 0 Å². The van der Waals surface area contributed by atoms with Crippen LogP contribution in [0.15, 0.2) is 41.3 Å². The van der Waals surface area contributed by atoms with Crippen molar-refractivity contribution in [1.82, 2.24) is 9.97 Å². The van der Waals surface area contributed by atoms with Crippen LogP contribution in [0.3, 0.4) is 0 Å². The summed E-state index contributed by atoms with van der Waals surface area (Å²) in [5, 5.41) is 8.72. The number of carboxylic acid groups (broad SMARTS) is 1. The topological polar surface area (TPSA) is 83.0 Å². The van der Waals surface area contributed by atoms with Crippen molar-refractivity contribution in [3.63, 3.8) is 0 Å². The van der Waals surface area contributed by atoms with Crippen LogP contribution in [0.5, 0.6) is 0 Å². The number of H-pyrrole nitrogens is 1. The zero-order valence-corrected chi connectivity index (χ0v) is 8.18. The Morgan fingerprint density at radius 3 is 2.44 bits per heavy atom. The van der Waals surface area contributed by atoms with Crippen molar-refractivity contribution < 1.29 is 9.90 Å². The van der Waals surface area contributed by atoms with Crippen molar-refractivity contribution in [3.8, 4) is 11.3 Å². The van der Waals surface area contributed by atoms with E-state index in [2.05, 4.69) is 9.97 Å². The molecule has 2 N–H and O–H groups in total. The van der Waals surface area contributed by atoms with E-state index in [-0.39, 0.29) is 5.56 Å². The van der Waals surface area contributed by atoms with Gasteiger partial charge in [0.15, 0.2) is 0 Å². The molecule has 0 bridgehead atoms. The van der Waals surface area contributed by atoms with Gasteiger partial charge in [-0.05, 0) is 18.2 Å². The molecule has 1 heterocycles. The lowest BCUT2D eigenvalue weighted by Gasteiger charge is -1.99. The smallest absolute Gasteiger partial charge is 0.345 e. The van der Waals surface area contributed by atoms with E-state index in [9.17, 15) is 9.59 Å². The average molecular weight is 216 g/mol. The predicted molar refractivity (Wildman–Crippen MR) is 57.3 cm³/mol. The van der Waals surface area contributed by atoms with Crippen LogP contribution >= 0.6 is 0 Å². The Morgan fingerprint density at radius 2 is 1.88 bits per heavy atom. The second-order valence-corrected chi connectivity index (χ2v) is 3.16. The molecule has 0 spiro atoms. The first-order chi connectivity index (χ1) is 7.66. The van der Waals surface area contributed by atoms with Crippen molar-refractivity contribution in [3.05, 3.63) is 52.6 Å². The summed E-state index contributed by atoms with van der Waals surface area (Å²) in [6, 6.07) is 7.83. The largest absolute Gasteiger partial charge is 0.478 e. The highest BCUT2D eigenvalue weighted by atomic mass is 16.4. The van der Waals surface area contributed by atoms with Gasteiger partial charge >= 0.3 is 11.7 Å². The number of aromatic carboxylic acids is 1. The molecule has 0 saturated heterocycles. The first-order valence-electron chi connectivity index (χ1n) is 4.56. The molecular formula is C11H8N2O3. The second-order valence-electron chi connectivity index (χ2n) is 3.16. The van der Waals surface area contributed by atoms with Gasteiger partial charge in [-0.2, -0.15) is 4.98 Å². The first-order valence-corrected chi connectivity index (χ1v) is 4.56. The fraction of sp³-hybridized carbons (Fsp3) is 0. The Hall–Kier alpha value is -2.43. The molecular weight excluding hydrogens is 208 g/mol. The van der Waals surface area contributed by atoms with Crippen molar-refractivity contribution in [2.45, 2.75) is 0 Å². The quantitative estimate of drug-likeness (QED) is 0.788. The average Bonchev–Trinajstić information content (AvgIpc) is 2.29. The van der Waals surface area contributed by atoms with Gasteiger partial charge in [0.2, 0.25) is 0 Å². The summed E-state index contributed by atoms with van der Waals surface area (Å²) in [5.41, 5.74) is 0.991. The zero-order chi connectivity index (χ0) is 11.5. The van der Waals surface area contributed by atoms with Crippen molar-refractivity contribution >= 4 is 5.97 Å². The van der Waals surface area contributed by atoms with Gasteiger partial charge in [-0.1, -0.05) is 12.1 Å². The number of carboxylic acids is 1. The SMILES string of the molecule is O=C(O)c1ccc(-c2cc[nH]c(=O)n2)cc1. The standard InChI is InChI=1S/C11H8N2O3/c14-10(15)8-3-1-7(2-4-8)9-5-6-12-11(16)13-9/h1-6H,(H,14,15)(H,12,13,16). The summed E-state index contributed by atoms with van der Waals surface area (Å²) in [5.74, 6) is -0.981. The molecule has 5 heteroatoms. The molecule has 80 valence electrons. The second kappa shape index (κ2) is 3.98. The fourth-order valence-corrected chi connectivity index (χ4v) is 1.32.